The van der Waals surface area contributed by atoms with Crippen LogP contribution in [0.3, 0.4) is 0 Å². The third-order valence-corrected chi connectivity index (χ3v) is 15.6. The first-order chi connectivity index (χ1) is 29.5. The molecule has 0 spiro atoms. The number of aryl methyl sites for hydroxylation is 1. The molecule has 5 heterocycles. The number of urea groups is 1. The van der Waals surface area contributed by atoms with Gasteiger partial charge in [0.15, 0.2) is 5.43 Å². The number of primary amides is 1. The average Bonchev–Trinajstić information content (AvgIpc) is 4.20. The summed E-state index contributed by atoms with van der Waals surface area (Å²) in [5.74, 6) is 0.148. The number of likely N-dealkylation sites (tertiary alicyclic amines) is 1. The van der Waals surface area contributed by atoms with Crippen LogP contribution in [-0.2, 0) is 24.4 Å². The Balaban J connectivity index is 0.000000157. The van der Waals surface area contributed by atoms with Gasteiger partial charge >= 0.3 is 6.03 Å². The largest absolute Gasteiger partial charge is 0.496 e. The number of benzene rings is 1. The molecule has 3 atom stereocenters. The van der Waals surface area contributed by atoms with Crippen LogP contribution >= 0.6 is 11.3 Å². The topological polar surface area (TPSA) is 214 Å². The van der Waals surface area contributed by atoms with Crippen LogP contribution in [0.1, 0.15) is 121 Å². The molecule has 2 aromatic heterocycles. The van der Waals surface area contributed by atoms with Crippen molar-refractivity contribution in [1.82, 2.24) is 29.8 Å². The van der Waals surface area contributed by atoms with E-state index in [1.165, 1.54) is 12.8 Å². The van der Waals surface area contributed by atoms with Gasteiger partial charge in [0.05, 0.1) is 29.3 Å². The lowest BCUT2D eigenvalue weighted by atomic mass is 9.93. The minimum atomic E-state index is -3.70. The molecule has 0 bridgehead atoms. The van der Waals surface area contributed by atoms with E-state index in [0.717, 1.165) is 91.3 Å². The van der Waals surface area contributed by atoms with Gasteiger partial charge in [-0.3, -0.25) is 23.9 Å². The van der Waals surface area contributed by atoms with Crippen molar-refractivity contribution in [2.45, 2.75) is 133 Å². The third kappa shape index (κ3) is 10.5. The zero-order chi connectivity index (χ0) is 44.4. The normalized spacial score (nSPS) is 25.4. The number of hydrogen-bond donors (Lipinski definition) is 4. The van der Waals surface area contributed by atoms with E-state index in [2.05, 4.69) is 39.2 Å². The van der Waals surface area contributed by atoms with Crippen LogP contribution in [0.4, 0.5) is 4.79 Å². The second-order valence-electron chi connectivity index (χ2n) is 18.5. The van der Waals surface area contributed by atoms with E-state index < -0.39 is 32.8 Å². The molecule has 5 amide bonds. The number of aromatic nitrogens is 2. The number of hydrogen-bond acceptors (Lipinski definition) is 10. The highest BCUT2D eigenvalue weighted by Gasteiger charge is 2.61. The number of rotatable bonds is 6. The SMILES string of the molecule is CC1(C)CCN(C(N)=O)C1.COc1ccc2c(=O)cc(-c3nc(C4CC4)cs3)[nH]c2c1C.O=C1NC2(C(=O)NS(=O)(=O)C3CC3)CC2/C=C\CCCCCCC(=O)N2CCCC12. The number of thiazole rings is 1. The van der Waals surface area contributed by atoms with Crippen molar-refractivity contribution in [2.24, 2.45) is 17.1 Å². The second kappa shape index (κ2) is 18.5. The maximum absolute atomic E-state index is 13.1. The van der Waals surface area contributed by atoms with Crippen LogP contribution in [0, 0.1) is 18.3 Å². The van der Waals surface area contributed by atoms with Crippen molar-refractivity contribution in [3.63, 3.8) is 0 Å². The Morgan fingerprint density at radius 3 is 2.44 bits per heavy atom. The van der Waals surface area contributed by atoms with Crippen LogP contribution in [0.15, 0.2) is 40.5 Å². The second-order valence-corrected chi connectivity index (χ2v) is 21.3. The highest BCUT2D eigenvalue weighted by Crippen LogP contribution is 2.46. The van der Waals surface area contributed by atoms with Crippen LogP contribution in [-0.4, -0.2) is 95.5 Å². The number of nitrogens with two attached hydrogens (primary N) is 1. The van der Waals surface area contributed by atoms with Crippen molar-refractivity contribution >= 4 is 56.0 Å². The summed E-state index contributed by atoms with van der Waals surface area (Å²) in [4.78, 5) is 73.1. The van der Waals surface area contributed by atoms with Crippen LogP contribution in [0.25, 0.3) is 21.6 Å². The first-order valence-electron chi connectivity index (χ1n) is 22.1. The van der Waals surface area contributed by atoms with E-state index in [1.807, 2.05) is 25.1 Å². The number of allylic oxidation sites excluding steroid dienone is 1. The van der Waals surface area contributed by atoms with Gasteiger partial charge in [-0.05, 0) is 95.1 Å². The van der Waals surface area contributed by atoms with Gasteiger partial charge in [0.25, 0.3) is 5.91 Å². The Morgan fingerprint density at radius 2 is 1.77 bits per heavy atom. The first-order valence-corrected chi connectivity index (χ1v) is 24.5. The smallest absolute Gasteiger partial charge is 0.314 e. The van der Waals surface area contributed by atoms with Gasteiger partial charge in [-0.15, -0.1) is 11.3 Å². The molecule has 3 aliphatic carbocycles. The van der Waals surface area contributed by atoms with Gasteiger partial charge in [0.2, 0.25) is 21.8 Å². The van der Waals surface area contributed by atoms with Crippen LogP contribution < -0.4 is 25.9 Å². The fourth-order valence-electron chi connectivity index (χ4n) is 8.65. The lowest BCUT2D eigenvalue weighted by Gasteiger charge is -2.27. The summed E-state index contributed by atoms with van der Waals surface area (Å²) >= 11 is 1.59. The number of carbonyl (C=O) groups is 4. The quantitative estimate of drug-likeness (QED) is 0.213. The van der Waals surface area contributed by atoms with E-state index in [-0.39, 0.29) is 34.6 Å². The summed E-state index contributed by atoms with van der Waals surface area (Å²) in [6.07, 6.45) is 15.4. The molecule has 3 saturated carbocycles. The predicted octanol–water partition coefficient (Wildman–Crippen LogP) is 6.01. The minimum Gasteiger partial charge on any atom is -0.496 e. The summed E-state index contributed by atoms with van der Waals surface area (Å²) in [6.45, 7) is 8.43. The van der Waals surface area contributed by atoms with Gasteiger partial charge in [0.1, 0.15) is 22.3 Å². The molecule has 2 saturated heterocycles. The Morgan fingerprint density at radius 1 is 1.02 bits per heavy atom. The summed E-state index contributed by atoms with van der Waals surface area (Å²) in [7, 11) is -2.06. The number of pyridine rings is 1. The van der Waals surface area contributed by atoms with E-state index in [4.69, 9.17) is 10.5 Å². The van der Waals surface area contributed by atoms with Crippen molar-refractivity contribution < 1.29 is 32.3 Å². The fourth-order valence-corrected chi connectivity index (χ4v) is 10.9. The fraction of sp³-hybridized carbons (Fsp3) is 0.600. The lowest BCUT2D eigenvalue weighted by molar-refractivity contribution is -0.139. The molecule has 6 aliphatic rings. The number of nitrogens with zero attached hydrogens (tertiary/aromatic N) is 3. The number of sulfonamides is 1. The molecule has 9 rings (SSSR count). The Bertz CT molecular complexity index is 2390. The predicted molar refractivity (Wildman–Crippen MR) is 239 cm³/mol. The van der Waals surface area contributed by atoms with Crippen molar-refractivity contribution in [3.05, 3.63) is 57.2 Å². The van der Waals surface area contributed by atoms with Gasteiger partial charge in [-0.1, -0.05) is 38.8 Å². The molecule has 3 aromatic rings. The Labute approximate surface area is 367 Å². The zero-order valence-electron chi connectivity index (χ0n) is 36.3. The molecule has 5 fully saturated rings. The number of H-pyrrole nitrogens is 1. The summed E-state index contributed by atoms with van der Waals surface area (Å²) in [5.41, 5.74) is 7.85. The molecule has 15 nitrogen and oxygen atoms in total. The van der Waals surface area contributed by atoms with Gasteiger partial charge in [-0.25, -0.2) is 18.2 Å². The molecule has 336 valence electrons. The number of carbonyl (C=O) groups excluding carboxylic acids is 4. The number of aromatic amines is 1. The minimum absolute atomic E-state index is 0.0113. The molecular weight excluding hydrogens is 831 g/mol. The summed E-state index contributed by atoms with van der Waals surface area (Å²) in [5, 5.41) is 6.01. The molecule has 3 unspecified atom stereocenters. The lowest BCUT2D eigenvalue weighted by Crippen LogP contribution is -2.56. The van der Waals surface area contributed by atoms with E-state index in [9.17, 15) is 32.4 Å². The highest BCUT2D eigenvalue weighted by atomic mass is 32.2. The standard InChI is InChI=1S/C21H31N3O5S.C17H16N2O2S.C7H14N2O/c25-18-10-6-4-2-1-3-5-8-15-14-21(15,20(27)23-30(28,29)16-11-12-16)22-19(26)17-9-7-13-24(17)18;1-9-15(21-2)6-5-11-14(20)7-12(18-16(9)11)17-19-13(8-22-17)10-3-4-10;1-7(2)3-4-9(5-7)6(8)10/h5,8,15-17H,1-4,6-7,9-14H2,(H,22,26)(H,23,27);5-8,10H,3-4H2,1-2H3,(H,18,20);3-5H2,1-2H3,(H2,8,10)/b8-5-;;. The zero-order valence-corrected chi connectivity index (χ0v) is 37.9. The molecule has 1 aromatic carbocycles. The van der Waals surface area contributed by atoms with E-state index in [0.29, 0.717) is 50.0 Å². The van der Waals surface area contributed by atoms with E-state index in [1.54, 1.807) is 40.4 Å². The average molecular weight is 892 g/mol. The van der Waals surface area contributed by atoms with Crippen molar-refractivity contribution in [1.29, 1.82) is 0 Å². The van der Waals surface area contributed by atoms with Gasteiger partial charge in [-0.2, -0.15) is 0 Å². The van der Waals surface area contributed by atoms with Crippen LogP contribution in [0.5, 0.6) is 5.75 Å². The maximum atomic E-state index is 13.1. The number of ether oxygens (including phenoxy) is 1. The molecule has 3 aliphatic heterocycles. The number of fused-ring (bicyclic) bond motifs is 3. The highest BCUT2D eigenvalue weighted by molar-refractivity contribution is 7.91. The summed E-state index contributed by atoms with van der Waals surface area (Å²) in [6, 6.07) is 4.41. The van der Waals surface area contributed by atoms with Crippen molar-refractivity contribution in [3.8, 4) is 16.5 Å². The number of nitrogens with one attached hydrogen (secondary N) is 3. The molecule has 17 heteroatoms. The molecular formula is C45H61N7O8S2. The van der Waals surface area contributed by atoms with E-state index >= 15 is 0 Å². The monoisotopic (exact) mass is 891 g/mol. The third-order valence-electron chi connectivity index (χ3n) is 12.9. The molecule has 0 radical (unpaired) electrons. The Kier molecular flexibility index (Phi) is 13.5. The number of methoxy groups -OCH3 is 1. The van der Waals surface area contributed by atoms with Gasteiger partial charge < -0.3 is 30.6 Å². The number of amides is 5. The Hall–Kier alpha value is -4.77. The molecule has 62 heavy (non-hydrogen) atoms. The summed E-state index contributed by atoms with van der Waals surface area (Å²) < 4.78 is 32.1. The molecule has 5 N–H and O–H groups in total. The van der Waals surface area contributed by atoms with Crippen molar-refractivity contribution in [2.75, 3.05) is 26.7 Å². The van der Waals surface area contributed by atoms with Crippen LogP contribution in [0.2, 0.25) is 0 Å². The van der Waals surface area contributed by atoms with Gasteiger partial charge in [0, 0.05) is 60.3 Å². The first kappa shape index (κ1) is 45.3. The maximum Gasteiger partial charge on any atom is 0.314 e.